The van der Waals surface area contributed by atoms with Crippen molar-refractivity contribution in [1.82, 2.24) is 9.47 Å². The Balaban J connectivity index is 2.13. The molecule has 1 aliphatic rings. The molecule has 0 saturated carbocycles. The summed E-state index contributed by atoms with van der Waals surface area (Å²) in [6, 6.07) is 9.64. The lowest BCUT2D eigenvalue weighted by Gasteiger charge is -2.19. The Hall–Kier alpha value is -2.79. The van der Waals surface area contributed by atoms with Gasteiger partial charge in [0.2, 0.25) is 0 Å². The summed E-state index contributed by atoms with van der Waals surface area (Å²) in [7, 11) is 0. The molecule has 0 radical (unpaired) electrons. The molecule has 5 nitrogen and oxygen atoms in total. The number of rotatable bonds is 6. The first-order valence-electron chi connectivity index (χ1n) is 10.5. The van der Waals surface area contributed by atoms with Crippen molar-refractivity contribution in [3.63, 3.8) is 0 Å². The molecule has 1 aliphatic heterocycles. The largest absolute Gasteiger partial charge is 0.462 e. The first-order valence-corrected chi connectivity index (χ1v) is 10.9. The van der Waals surface area contributed by atoms with Gasteiger partial charge in [-0.1, -0.05) is 37.6 Å². The fourth-order valence-electron chi connectivity index (χ4n) is 4.01. The molecule has 1 amide bonds. The first-order chi connectivity index (χ1) is 14.7. The molecule has 31 heavy (non-hydrogen) atoms. The Morgan fingerprint density at radius 2 is 1.87 bits per heavy atom. The number of esters is 1. The maximum Gasteiger partial charge on any atom is 0.340 e. The minimum Gasteiger partial charge on any atom is -0.462 e. The molecule has 0 unspecified atom stereocenters. The fourth-order valence-corrected chi connectivity index (χ4v) is 4.23. The van der Waals surface area contributed by atoms with Crippen LogP contribution in [0.3, 0.4) is 0 Å². The number of amides is 1. The Morgan fingerprint density at radius 3 is 2.48 bits per heavy atom. The average Bonchev–Trinajstić information content (AvgIpc) is 3.10. The molecule has 0 N–H and O–H groups in total. The van der Waals surface area contributed by atoms with Gasteiger partial charge in [-0.25, -0.2) is 4.79 Å². The van der Waals surface area contributed by atoms with Crippen LogP contribution in [0, 0.1) is 19.8 Å². The molecule has 2 heterocycles. The lowest BCUT2D eigenvalue weighted by Crippen LogP contribution is -2.28. The van der Waals surface area contributed by atoms with Crippen LogP contribution in [0.5, 0.6) is 0 Å². The summed E-state index contributed by atoms with van der Waals surface area (Å²) in [5.74, 6) is -0.366. The molecule has 0 spiro atoms. The van der Waals surface area contributed by atoms with Crippen LogP contribution < -0.4 is 0 Å². The topological polar surface area (TPSA) is 51.5 Å². The van der Waals surface area contributed by atoms with Gasteiger partial charge in [0.1, 0.15) is 0 Å². The SMILES string of the molecule is CCOC(=O)C1=C(C)N(CC(C)C)C(=O)/C1=C/c1cc(C)n(-c2ccccc2Cl)c1C. The van der Waals surface area contributed by atoms with E-state index in [1.54, 1.807) is 24.8 Å². The maximum atomic E-state index is 13.3. The number of carbonyl (C=O) groups excluding carboxylic acids is 2. The van der Waals surface area contributed by atoms with Gasteiger partial charge in [-0.05, 0) is 63.5 Å². The number of aromatic nitrogens is 1. The van der Waals surface area contributed by atoms with Gasteiger partial charge in [0.05, 0.1) is 28.5 Å². The lowest BCUT2D eigenvalue weighted by atomic mass is 10.0. The van der Waals surface area contributed by atoms with Crippen LogP contribution in [-0.2, 0) is 14.3 Å². The third kappa shape index (κ3) is 4.33. The van der Waals surface area contributed by atoms with E-state index in [4.69, 9.17) is 16.3 Å². The van der Waals surface area contributed by atoms with E-state index in [1.807, 2.05) is 58.0 Å². The van der Waals surface area contributed by atoms with E-state index in [1.165, 1.54) is 0 Å². The molecule has 0 aliphatic carbocycles. The van der Waals surface area contributed by atoms with Crippen molar-refractivity contribution < 1.29 is 14.3 Å². The van der Waals surface area contributed by atoms with E-state index < -0.39 is 5.97 Å². The molecule has 0 bridgehead atoms. The van der Waals surface area contributed by atoms with Crippen molar-refractivity contribution in [3.05, 3.63) is 69.1 Å². The second-order valence-corrected chi connectivity index (χ2v) is 8.57. The zero-order valence-corrected chi connectivity index (χ0v) is 19.7. The quantitative estimate of drug-likeness (QED) is 0.442. The zero-order valence-electron chi connectivity index (χ0n) is 19.0. The maximum absolute atomic E-state index is 13.3. The molecular formula is C25H29ClN2O3. The Bertz CT molecular complexity index is 1090. The van der Waals surface area contributed by atoms with Crippen molar-refractivity contribution in [1.29, 1.82) is 0 Å². The number of halogens is 1. The fraction of sp³-hybridized carbons (Fsp3) is 0.360. The molecule has 1 aromatic carbocycles. The van der Waals surface area contributed by atoms with E-state index in [0.717, 1.165) is 22.6 Å². The highest BCUT2D eigenvalue weighted by atomic mass is 35.5. The number of allylic oxidation sites excluding steroid dienone is 1. The third-order valence-electron chi connectivity index (χ3n) is 5.40. The molecule has 1 aromatic heterocycles. The summed E-state index contributed by atoms with van der Waals surface area (Å²) < 4.78 is 7.33. The smallest absolute Gasteiger partial charge is 0.340 e. The second kappa shape index (κ2) is 9.15. The van der Waals surface area contributed by atoms with E-state index in [-0.39, 0.29) is 18.4 Å². The third-order valence-corrected chi connectivity index (χ3v) is 5.72. The Kier molecular flexibility index (Phi) is 6.75. The summed E-state index contributed by atoms with van der Waals surface area (Å²) in [5, 5.41) is 0.645. The van der Waals surface area contributed by atoms with Crippen molar-refractivity contribution in [2.75, 3.05) is 13.2 Å². The number of carbonyl (C=O) groups is 2. The summed E-state index contributed by atoms with van der Waals surface area (Å²) in [6.07, 6.45) is 1.80. The molecule has 0 atom stereocenters. The minimum atomic E-state index is -0.467. The highest BCUT2D eigenvalue weighted by Crippen LogP contribution is 2.34. The monoisotopic (exact) mass is 440 g/mol. The predicted molar refractivity (Wildman–Crippen MR) is 124 cm³/mol. The number of hydrogen-bond acceptors (Lipinski definition) is 3. The number of nitrogens with zero attached hydrogens (tertiary/aromatic N) is 2. The average molecular weight is 441 g/mol. The number of benzene rings is 1. The van der Waals surface area contributed by atoms with Gasteiger partial charge in [0.15, 0.2) is 0 Å². The summed E-state index contributed by atoms with van der Waals surface area (Å²) in [4.78, 5) is 27.7. The summed E-state index contributed by atoms with van der Waals surface area (Å²) in [6.45, 7) is 12.4. The molecule has 0 saturated heterocycles. The van der Waals surface area contributed by atoms with Gasteiger partial charge in [-0.15, -0.1) is 0 Å². The van der Waals surface area contributed by atoms with Gasteiger partial charge in [0.25, 0.3) is 5.91 Å². The van der Waals surface area contributed by atoms with Crippen LogP contribution in [0.25, 0.3) is 11.8 Å². The summed E-state index contributed by atoms with van der Waals surface area (Å²) in [5.41, 5.74) is 5.02. The zero-order chi connectivity index (χ0) is 22.9. The van der Waals surface area contributed by atoms with Crippen molar-refractivity contribution in [2.24, 2.45) is 5.92 Å². The number of ether oxygens (including phenoxy) is 1. The predicted octanol–water partition coefficient (Wildman–Crippen LogP) is 5.47. The van der Waals surface area contributed by atoms with E-state index in [0.29, 0.717) is 28.4 Å². The molecule has 164 valence electrons. The lowest BCUT2D eigenvalue weighted by molar-refractivity contribution is -0.138. The first kappa shape index (κ1) is 22.9. The minimum absolute atomic E-state index is 0.170. The Labute approximate surface area is 188 Å². The van der Waals surface area contributed by atoms with Crippen molar-refractivity contribution in [3.8, 4) is 5.69 Å². The molecule has 6 heteroatoms. The second-order valence-electron chi connectivity index (χ2n) is 8.16. The number of aryl methyl sites for hydroxylation is 1. The van der Waals surface area contributed by atoms with Crippen LogP contribution >= 0.6 is 11.6 Å². The highest BCUT2D eigenvalue weighted by molar-refractivity contribution is 6.32. The number of hydrogen-bond donors (Lipinski definition) is 0. The molecular weight excluding hydrogens is 412 g/mol. The number of para-hydroxylation sites is 1. The van der Waals surface area contributed by atoms with Gasteiger partial charge >= 0.3 is 5.97 Å². The van der Waals surface area contributed by atoms with Gasteiger partial charge in [0, 0.05) is 23.6 Å². The molecule has 0 fully saturated rings. The molecule has 2 aromatic rings. The van der Waals surface area contributed by atoms with Crippen LogP contribution in [0.1, 0.15) is 44.6 Å². The normalized spacial score (nSPS) is 15.5. The van der Waals surface area contributed by atoms with E-state index >= 15 is 0 Å². The van der Waals surface area contributed by atoms with Crippen molar-refractivity contribution in [2.45, 2.75) is 41.5 Å². The van der Waals surface area contributed by atoms with Crippen LogP contribution in [0.15, 0.2) is 47.2 Å². The Morgan fingerprint density at radius 1 is 1.19 bits per heavy atom. The van der Waals surface area contributed by atoms with Crippen LogP contribution in [0.2, 0.25) is 5.02 Å². The van der Waals surface area contributed by atoms with Gasteiger partial charge < -0.3 is 14.2 Å². The summed E-state index contributed by atoms with van der Waals surface area (Å²) >= 11 is 6.43. The molecule has 3 rings (SSSR count). The standard InChI is InChI=1S/C25H29ClN2O3/c1-7-31-25(30)23-18(6)27(14-15(2)3)24(29)20(23)13-19-12-16(4)28(17(19)5)22-11-9-8-10-21(22)26/h8-13,15H,7,14H2,1-6H3/b20-13+. The van der Waals surface area contributed by atoms with Gasteiger partial charge in [-0.2, -0.15) is 0 Å². The van der Waals surface area contributed by atoms with E-state index in [9.17, 15) is 9.59 Å². The van der Waals surface area contributed by atoms with Crippen molar-refractivity contribution >= 4 is 29.6 Å². The van der Waals surface area contributed by atoms with Crippen LogP contribution in [0.4, 0.5) is 0 Å². The van der Waals surface area contributed by atoms with Gasteiger partial charge in [-0.3, -0.25) is 4.79 Å². The highest BCUT2D eigenvalue weighted by Gasteiger charge is 2.37. The van der Waals surface area contributed by atoms with E-state index in [2.05, 4.69) is 4.57 Å². The van der Waals surface area contributed by atoms with Crippen LogP contribution in [-0.4, -0.2) is 34.5 Å².